The second-order valence-electron chi connectivity index (χ2n) is 18.0. The predicted octanol–water partition coefficient (Wildman–Crippen LogP) is 5.99. The molecule has 2 fully saturated rings. The molecule has 0 aromatic heterocycles. The molecule has 2 aliphatic heterocycles. The highest BCUT2D eigenvalue weighted by Crippen LogP contribution is 2.30. The van der Waals surface area contributed by atoms with Crippen LogP contribution in [0.4, 0.5) is 0 Å². The SMILES string of the molecule is CCCCCCCCCCC/C=C/C(O)C(COC1OC(CO)C(OC2OC(CO)C(O)C(O)C2O)C(O)C1O)NC(=O)CCCCCCCCCCCCCCCCCCC. The Hall–Kier alpha value is -1.27. The molecule has 9 N–H and O–H groups in total. The summed E-state index contributed by atoms with van der Waals surface area (Å²) in [4.78, 5) is 13.1. The summed E-state index contributed by atoms with van der Waals surface area (Å²) < 4.78 is 22.7. The average Bonchev–Trinajstić information content (AvgIpc) is 3.27. The van der Waals surface area contributed by atoms with Gasteiger partial charge in [0, 0.05) is 6.42 Å². The summed E-state index contributed by atoms with van der Waals surface area (Å²) in [5.41, 5.74) is 0. The van der Waals surface area contributed by atoms with Gasteiger partial charge in [0.1, 0.15) is 48.8 Å². The van der Waals surface area contributed by atoms with E-state index in [1.165, 1.54) is 128 Å². The van der Waals surface area contributed by atoms with Crippen LogP contribution in [0.5, 0.6) is 0 Å². The van der Waals surface area contributed by atoms with Crippen LogP contribution in [0.3, 0.4) is 0 Å². The second-order valence-corrected chi connectivity index (χ2v) is 18.0. The van der Waals surface area contributed by atoms with Gasteiger partial charge in [0.25, 0.3) is 0 Å². The predicted molar refractivity (Wildman–Crippen MR) is 240 cm³/mol. The summed E-state index contributed by atoms with van der Waals surface area (Å²) in [6, 6.07) is -0.906. The molecule has 14 nitrogen and oxygen atoms in total. The largest absolute Gasteiger partial charge is 0.394 e. The Kier molecular flexibility index (Phi) is 32.9. The molecule has 0 aliphatic carbocycles. The molecule has 2 heterocycles. The summed E-state index contributed by atoms with van der Waals surface area (Å²) in [6.45, 7) is 2.77. The van der Waals surface area contributed by atoms with Gasteiger partial charge in [-0.1, -0.05) is 180 Å². The number of hydrogen-bond donors (Lipinski definition) is 9. The van der Waals surface area contributed by atoms with Crippen LogP contribution in [0.25, 0.3) is 0 Å². The summed E-state index contributed by atoms with van der Waals surface area (Å²) in [6.07, 6.45) is 19.7. The van der Waals surface area contributed by atoms with E-state index in [1.807, 2.05) is 6.08 Å². The lowest BCUT2D eigenvalue weighted by molar-refractivity contribution is -0.359. The maximum absolute atomic E-state index is 13.1. The average molecular weight is 890 g/mol. The van der Waals surface area contributed by atoms with Crippen molar-refractivity contribution in [3.05, 3.63) is 12.2 Å². The van der Waals surface area contributed by atoms with Crippen molar-refractivity contribution in [2.45, 2.75) is 267 Å². The Morgan fingerprint density at radius 1 is 0.565 bits per heavy atom. The zero-order chi connectivity index (χ0) is 45.4. The van der Waals surface area contributed by atoms with E-state index in [0.717, 1.165) is 38.5 Å². The fraction of sp³-hybridized carbons (Fsp3) is 0.938. The van der Waals surface area contributed by atoms with Crippen LogP contribution in [-0.4, -0.2) is 140 Å². The molecule has 12 atom stereocenters. The molecule has 2 saturated heterocycles. The van der Waals surface area contributed by atoms with Gasteiger partial charge >= 0.3 is 0 Å². The smallest absolute Gasteiger partial charge is 0.220 e. The molecule has 0 radical (unpaired) electrons. The minimum absolute atomic E-state index is 0.239. The molecule has 0 saturated carbocycles. The van der Waals surface area contributed by atoms with E-state index in [2.05, 4.69) is 19.2 Å². The molecule has 1 amide bonds. The highest BCUT2D eigenvalue weighted by Gasteiger charge is 2.51. The molecule has 0 spiro atoms. The lowest BCUT2D eigenvalue weighted by atomic mass is 9.97. The van der Waals surface area contributed by atoms with Crippen molar-refractivity contribution in [2.24, 2.45) is 0 Å². The van der Waals surface area contributed by atoms with E-state index < -0.39 is 86.8 Å². The lowest BCUT2D eigenvalue weighted by Gasteiger charge is -2.46. The molecule has 0 aromatic carbocycles. The van der Waals surface area contributed by atoms with Crippen molar-refractivity contribution >= 4 is 5.91 Å². The summed E-state index contributed by atoms with van der Waals surface area (Å²) in [5, 5.41) is 86.6. The number of carbonyl (C=O) groups excluding carboxylic acids is 1. The number of aliphatic hydroxyl groups excluding tert-OH is 8. The fourth-order valence-electron chi connectivity index (χ4n) is 8.35. The molecule has 2 aliphatic rings. The first-order valence-corrected chi connectivity index (χ1v) is 24.9. The van der Waals surface area contributed by atoms with Gasteiger partial charge < -0.3 is 65.1 Å². The Morgan fingerprint density at radius 2 is 1.00 bits per heavy atom. The first kappa shape index (κ1) is 56.9. The Bertz CT molecular complexity index is 1100. The molecule has 366 valence electrons. The van der Waals surface area contributed by atoms with Crippen molar-refractivity contribution in [1.82, 2.24) is 5.32 Å². The first-order chi connectivity index (χ1) is 30.1. The number of aliphatic hydroxyl groups is 8. The van der Waals surface area contributed by atoms with Crippen LogP contribution in [0, 0.1) is 0 Å². The number of ether oxygens (including phenoxy) is 4. The summed E-state index contributed by atoms with van der Waals surface area (Å²) >= 11 is 0. The van der Waals surface area contributed by atoms with Crippen molar-refractivity contribution in [3.63, 3.8) is 0 Å². The summed E-state index contributed by atoms with van der Waals surface area (Å²) in [5.74, 6) is -0.239. The van der Waals surface area contributed by atoms with Crippen LogP contribution >= 0.6 is 0 Å². The van der Waals surface area contributed by atoms with Crippen LogP contribution in [0.1, 0.15) is 194 Å². The van der Waals surface area contributed by atoms with Gasteiger partial charge in [0.2, 0.25) is 5.91 Å². The number of carbonyl (C=O) groups is 1. The Morgan fingerprint density at radius 3 is 1.48 bits per heavy atom. The van der Waals surface area contributed by atoms with Gasteiger partial charge in [0.15, 0.2) is 12.6 Å². The third-order valence-electron chi connectivity index (χ3n) is 12.5. The van der Waals surface area contributed by atoms with E-state index in [4.69, 9.17) is 18.9 Å². The highest BCUT2D eigenvalue weighted by molar-refractivity contribution is 5.76. The van der Waals surface area contributed by atoms with Gasteiger partial charge in [-0.3, -0.25) is 4.79 Å². The van der Waals surface area contributed by atoms with Crippen molar-refractivity contribution in [2.75, 3.05) is 19.8 Å². The zero-order valence-corrected chi connectivity index (χ0v) is 38.6. The van der Waals surface area contributed by atoms with E-state index >= 15 is 0 Å². The quantitative estimate of drug-likeness (QED) is 0.0257. The third kappa shape index (κ3) is 23.3. The standard InChI is InChI=1S/C48H91NO13/c1-3-5-7-9-11-13-15-16-17-18-19-20-22-24-26-28-30-32-40(53)49-36(37(52)31-29-27-25-23-21-14-12-10-8-6-4-2)35-59-47-45(58)43(56)46(39(34-51)61-47)62-48-44(57)42(55)41(54)38(33-50)60-48/h29,31,36-39,41-48,50-52,54-58H,3-28,30,32-35H2,1-2H3,(H,49,53)/b31-29+. The molecular formula is C48H91NO13. The maximum Gasteiger partial charge on any atom is 0.220 e. The number of nitrogens with one attached hydrogen (secondary N) is 1. The van der Waals surface area contributed by atoms with Crippen molar-refractivity contribution in [1.29, 1.82) is 0 Å². The topological polar surface area (TPSA) is 228 Å². The first-order valence-electron chi connectivity index (χ1n) is 24.9. The van der Waals surface area contributed by atoms with E-state index in [1.54, 1.807) is 6.08 Å². The summed E-state index contributed by atoms with van der Waals surface area (Å²) in [7, 11) is 0. The number of allylic oxidation sites excluding steroid dienone is 1. The molecule has 2 rings (SSSR count). The Labute approximate surface area is 374 Å². The molecule has 0 aromatic rings. The normalized spacial score (nSPS) is 27.8. The van der Waals surface area contributed by atoms with Crippen LogP contribution in [-0.2, 0) is 23.7 Å². The van der Waals surface area contributed by atoms with Gasteiger partial charge in [-0.2, -0.15) is 0 Å². The number of amides is 1. The van der Waals surface area contributed by atoms with E-state index in [0.29, 0.717) is 6.42 Å². The number of unbranched alkanes of at least 4 members (excludes halogenated alkanes) is 25. The van der Waals surface area contributed by atoms with E-state index in [-0.39, 0.29) is 18.9 Å². The van der Waals surface area contributed by atoms with Gasteiger partial charge in [-0.05, 0) is 19.3 Å². The Balaban J connectivity index is 1.84. The van der Waals surface area contributed by atoms with Gasteiger partial charge in [-0.15, -0.1) is 0 Å². The number of hydrogen-bond acceptors (Lipinski definition) is 13. The molecule has 12 unspecified atom stereocenters. The van der Waals surface area contributed by atoms with Gasteiger partial charge in [0.05, 0.1) is 32.0 Å². The highest BCUT2D eigenvalue weighted by atomic mass is 16.7. The van der Waals surface area contributed by atoms with Gasteiger partial charge in [-0.25, -0.2) is 0 Å². The monoisotopic (exact) mass is 890 g/mol. The van der Waals surface area contributed by atoms with Crippen molar-refractivity contribution < 1.29 is 64.6 Å². The van der Waals surface area contributed by atoms with E-state index in [9.17, 15) is 45.6 Å². The van der Waals surface area contributed by atoms with Crippen LogP contribution in [0.15, 0.2) is 12.2 Å². The number of rotatable bonds is 38. The maximum atomic E-state index is 13.1. The molecule has 14 heteroatoms. The molecule has 0 bridgehead atoms. The van der Waals surface area contributed by atoms with Crippen LogP contribution in [0.2, 0.25) is 0 Å². The molecular weight excluding hydrogens is 799 g/mol. The lowest BCUT2D eigenvalue weighted by Crippen LogP contribution is -2.65. The molecule has 62 heavy (non-hydrogen) atoms. The minimum atomic E-state index is -1.78. The second kappa shape index (κ2) is 35.9. The minimum Gasteiger partial charge on any atom is -0.394 e. The fourth-order valence-corrected chi connectivity index (χ4v) is 8.35. The zero-order valence-electron chi connectivity index (χ0n) is 38.6. The van der Waals surface area contributed by atoms with Crippen molar-refractivity contribution in [3.8, 4) is 0 Å². The third-order valence-corrected chi connectivity index (χ3v) is 12.5. The van der Waals surface area contributed by atoms with Crippen LogP contribution < -0.4 is 5.32 Å².